The van der Waals surface area contributed by atoms with Gasteiger partial charge in [0.15, 0.2) is 0 Å². The Bertz CT molecular complexity index is 556. The number of benzene rings is 1. The SMILES string of the molecule is CC1CN(C(=O)OC(C)(C)C)CC(C)N1c1cc(F)cc(Br)c1. The Balaban J connectivity index is 2.15. The molecule has 2 atom stereocenters. The predicted octanol–water partition coefficient (Wildman–Crippen LogP) is 4.42. The molecule has 4 nitrogen and oxygen atoms in total. The molecule has 1 aliphatic heterocycles. The minimum absolute atomic E-state index is 0.0694. The van der Waals surface area contributed by atoms with E-state index in [4.69, 9.17) is 4.74 Å². The third kappa shape index (κ3) is 4.59. The molecule has 0 bridgehead atoms. The number of carbonyl (C=O) groups excluding carboxylic acids is 1. The molecule has 0 saturated carbocycles. The van der Waals surface area contributed by atoms with Crippen LogP contribution in [0, 0.1) is 5.82 Å². The number of nitrogens with zero attached hydrogens (tertiary/aromatic N) is 2. The number of anilines is 1. The smallest absolute Gasteiger partial charge is 0.410 e. The monoisotopic (exact) mass is 386 g/mol. The zero-order chi connectivity index (χ0) is 17.4. The number of hydrogen-bond acceptors (Lipinski definition) is 3. The molecule has 1 saturated heterocycles. The van der Waals surface area contributed by atoms with Crippen LogP contribution in [-0.4, -0.2) is 41.8 Å². The van der Waals surface area contributed by atoms with Crippen LogP contribution in [0.3, 0.4) is 0 Å². The van der Waals surface area contributed by atoms with Gasteiger partial charge in [-0.25, -0.2) is 9.18 Å². The Morgan fingerprint density at radius 1 is 1.22 bits per heavy atom. The van der Waals surface area contributed by atoms with Crippen LogP contribution < -0.4 is 4.90 Å². The van der Waals surface area contributed by atoms with E-state index in [0.717, 1.165) is 5.69 Å². The highest BCUT2D eigenvalue weighted by molar-refractivity contribution is 9.10. The molecule has 6 heteroatoms. The van der Waals surface area contributed by atoms with Gasteiger partial charge >= 0.3 is 6.09 Å². The molecule has 1 aromatic rings. The van der Waals surface area contributed by atoms with Crippen molar-refractivity contribution in [2.24, 2.45) is 0 Å². The Kier molecular flexibility index (Phi) is 5.23. The molecule has 128 valence electrons. The fourth-order valence-electron chi connectivity index (χ4n) is 3.00. The zero-order valence-electron chi connectivity index (χ0n) is 14.3. The van der Waals surface area contributed by atoms with Gasteiger partial charge in [0, 0.05) is 35.3 Å². The predicted molar refractivity (Wildman–Crippen MR) is 93.3 cm³/mol. The van der Waals surface area contributed by atoms with Crippen LogP contribution in [0.1, 0.15) is 34.6 Å². The first-order valence-corrected chi connectivity index (χ1v) is 8.58. The van der Waals surface area contributed by atoms with Gasteiger partial charge in [-0.05, 0) is 52.8 Å². The van der Waals surface area contributed by atoms with Gasteiger partial charge in [0.2, 0.25) is 0 Å². The lowest BCUT2D eigenvalue weighted by Gasteiger charge is -2.45. The molecule has 0 aliphatic carbocycles. The molecule has 23 heavy (non-hydrogen) atoms. The summed E-state index contributed by atoms with van der Waals surface area (Å²) in [4.78, 5) is 16.1. The molecule has 1 amide bonds. The largest absolute Gasteiger partial charge is 0.444 e. The second kappa shape index (κ2) is 6.67. The van der Waals surface area contributed by atoms with Gasteiger partial charge in [0.05, 0.1) is 0 Å². The van der Waals surface area contributed by atoms with E-state index in [1.165, 1.54) is 12.1 Å². The maximum Gasteiger partial charge on any atom is 0.410 e. The summed E-state index contributed by atoms with van der Waals surface area (Å²) in [5.41, 5.74) is 0.314. The van der Waals surface area contributed by atoms with Crippen LogP contribution in [0.4, 0.5) is 14.9 Å². The van der Waals surface area contributed by atoms with Gasteiger partial charge in [0.25, 0.3) is 0 Å². The quantitative estimate of drug-likeness (QED) is 0.715. The van der Waals surface area contributed by atoms with Crippen molar-refractivity contribution in [3.63, 3.8) is 0 Å². The van der Waals surface area contributed by atoms with Gasteiger partial charge in [-0.2, -0.15) is 0 Å². The summed E-state index contributed by atoms with van der Waals surface area (Å²) in [6, 6.07) is 5.01. The maximum atomic E-state index is 13.7. The first kappa shape index (κ1) is 18.0. The molecule has 1 aromatic carbocycles. The van der Waals surface area contributed by atoms with Crippen LogP contribution in [-0.2, 0) is 4.74 Å². The minimum Gasteiger partial charge on any atom is -0.444 e. The second-order valence-electron chi connectivity index (χ2n) is 7.12. The van der Waals surface area contributed by atoms with Crippen LogP contribution in [0.25, 0.3) is 0 Å². The van der Waals surface area contributed by atoms with Crippen molar-refractivity contribution < 1.29 is 13.9 Å². The van der Waals surface area contributed by atoms with Gasteiger partial charge < -0.3 is 14.5 Å². The molecule has 1 fully saturated rings. The Hall–Kier alpha value is -1.30. The number of ether oxygens (including phenoxy) is 1. The normalized spacial score (nSPS) is 22.2. The highest BCUT2D eigenvalue weighted by atomic mass is 79.9. The fourth-order valence-corrected chi connectivity index (χ4v) is 3.45. The molecular formula is C17H24BrFN2O2. The Morgan fingerprint density at radius 2 is 1.78 bits per heavy atom. The molecular weight excluding hydrogens is 363 g/mol. The van der Waals surface area contributed by atoms with Crippen molar-refractivity contribution in [1.29, 1.82) is 0 Å². The Morgan fingerprint density at radius 3 is 2.26 bits per heavy atom. The average molecular weight is 387 g/mol. The second-order valence-corrected chi connectivity index (χ2v) is 8.03. The first-order valence-electron chi connectivity index (χ1n) is 7.79. The van der Waals surface area contributed by atoms with E-state index >= 15 is 0 Å². The lowest BCUT2D eigenvalue weighted by molar-refractivity contribution is 0.0193. The highest BCUT2D eigenvalue weighted by Gasteiger charge is 2.34. The fraction of sp³-hybridized carbons (Fsp3) is 0.588. The number of carbonyl (C=O) groups is 1. The summed E-state index contributed by atoms with van der Waals surface area (Å²) >= 11 is 3.34. The summed E-state index contributed by atoms with van der Waals surface area (Å²) in [7, 11) is 0. The summed E-state index contributed by atoms with van der Waals surface area (Å²) in [6.45, 7) is 10.7. The van der Waals surface area contributed by atoms with Gasteiger partial charge in [0.1, 0.15) is 11.4 Å². The lowest BCUT2D eigenvalue weighted by Crippen LogP contribution is -2.58. The lowest BCUT2D eigenvalue weighted by atomic mass is 10.1. The van der Waals surface area contributed by atoms with Crippen molar-refractivity contribution in [3.8, 4) is 0 Å². The summed E-state index contributed by atoms with van der Waals surface area (Å²) in [5, 5.41) is 0. The van der Waals surface area contributed by atoms with Gasteiger partial charge in [-0.3, -0.25) is 0 Å². The average Bonchev–Trinajstić information content (AvgIpc) is 2.34. The third-order valence-corrected chi connectivity index (χ3v) is 4.17. The van der Waals surface area contributed by atoms with Gasteiger partial charge in [-0.15, -0.1) is 0 Å². The van der Waals surface area contributed by atoms with Crippen molar-refractivity contribution >= 4 is 27.7 Å². The molecule has 0 spiro atoms. The first-order chi connectivity index (χ1) is 10.6. The molecule has 1 heterocycles. The van der Waals surface area contributed by atoms with Crippen LogP contribution in [0.5, 0.6) is 0 Å². The van der Waals surface area contributed by atoms with E-state index in [1.54, 1.807) is 4.90 Å². The third-order valence-electron chi connectivity index (χ3n) is 3.72. The molecule has 0 N–H and O–H groups in total. The Labute approximate surface area is 145 Å². The molecule has 1 aliphatic rings. The van der Waals surface area contributed by atoms with Crippen molar-refractivity contribution in [2.75, 3.05) is 18.0 Å². The summed E-state index contributed by atoms with van der Waals surface area (Å²) in [5.74, 6) is -0.275. The van der Waals surface area contributed by atoms with E-state index in [2.05, 4.69) is 20.8 Å². The van der Waals surface area contributed by atoms with E-state index in [0.29, 0.717) is 17.6 Å². The van der Waals surface area contributed by atoms with Crippen molar-refractivity contribution in [2.45, 2.75) is 52.3 Å². The maximum absolute atomic E-state index is 13.7. The molecule has 0 aromatic heterocycles. The molecule has 2 rings (SSSR count). The number of rotatable bonds is 1. The van der Waals surface area contributed by atoms with E-state index in [-0.39, 0.29) is 24.0 Å². The van der Waals surface area contributed by atoms with Crippen LogP contribution >= 0.6 is 15.9 Å². The summed E-state index contributed by atoms with van der Waals surface area (Å²) in [6.07, 6.45) is -0.295. The van der Waals surface area contributed by atoms with Crippen molar-refractivity contribution in [1.82, 2.24) is 4.90 Å². The highest BCUT2D eigenvalue weighted by Crippen LogP contribution is 2.29. The van der Waals surface area contributed by atoms with Crippen LogP contribution in [0.15, 0.2) is 22.7 Å². The van der Waals surface area contributed by atoms with Gasteiger partial charge in [-0.1, -0.05) is 15.9 Å². The zero-order valence-corrected chi connectivity index (χ0v) is 15.9. The van der Waals surface area contributed by atoms with Crippen LogP contribution in [0.2, 0.25) is 0 Å². The number of piperazine rings is 1. The van der Waals surface area contributed by atoms with E-state index in [9.17, 15) is 9.18 Å². The number of amides is 1. The molecule has 2 unspecified atom stereocenters. The summed E-state index contributed by atoms with van der Waals surface area (Å²) < 4.78 is 19.9. The topological polar surface area (TPSA) is 32.8 Å². The van der Waals surface area contributed by atoms with Crippen molar-refractivity contribution in [3.05, 3.63) is 28.5 Å². The standard InChI is InChI=1S/C17H24BrFN2O2/c1-11-9-20(16(22)23-17(3,4)5)10-12(2)21(11)15-7-13(18)6-14(19)8-15/h6-8,11-12H,9-10H2,1-5H3. The minimum atomic E-state index is -0.506. The van der Waals surface area contributed by atoms with E-state index in [1.807, 2.05) is 40.7 Å². The molecule has 0 radical (unpaired) electrons. The number of halogens is 2. The van der Waals surface area contributed by atoms with E-state index < -0.39 is 5.60 Å². The number of hydrogen-bond donors (Lipinski definition) is 0.